The third-order valence-electron chi connectivity index (χ3n) is 15.7. The summed E-state index contributed by atoms with van der Waals surface area (Å²) in [5.41, 5.74) is 19.5. The van der Waals surface area contributed by atoms with Gasteiger partial charge < -0.3 is 8.97 Å². The SMILES string of the molecule is O=C1c2cc3c(cc2C2c4ccccc4C1c1ccccc12)c1cc2c(c4ccccc4n2-c2ccccc2)c2c4cc5c(cc4n3c12)C(=O)C1c2ccccc2C5c2ccccc21. The lowest BCUT2D eigenvalue weighted by Gasteiger charge is -2.30. The van der Waals surface area contributed by atoms with Crippen molar-refractivity contribution in [1.82, 2.24) is 8.97 Å². The third kappa shape index (κ3) is 3.82. The van der Waals surface area contributed by atoms with Crippen LogP contribution in [0, 0.1) is 0 Å². The van der Waals surface area contributed by atoms with Crippen LogP contribution < -0.4 is 0 Å². The number of ketones is 2. The van der Waals surface area contributed by atoms with Crippen molar-refractivity contribution in [1.29, 1.82) is 0 Å². The lowest BCUT2D eigenvalue weighted by atomic mass is 9.72. The molecule has 4 bridgehead atoms. The molecule has 9 aromatic carbocycles. The van der Waals surface area contributed by atoms with Crippen molar-refractivity contribution in [3.63, 3.8) is 0 Å². The summed E-state index contributed by atoms with van der Waals surface area (Å²) in [6, 6.07) is 65.3. The average Bonchev–Trinajstić information content (AvgIpc) is 3.87. The molecule has 4 heteroatoms. The summed E-state index contributed by atoms with van der Waals surface area (Å²) in [7, 11) is 0. The lowest BCUT2D eigenvalue weighted by Crippen LogP contribution is -2.19. The van der Waals surface area contributed by atoms with E-state index in [-0.39, 0.29) is 35.2 Å². The highest BCUT2D eigenvalue weighted by Crippen LogP contribution is 2.56. The van der Waals surface area contributed by atoms with Gasteiger partial charge >= 0.3 is 0 Å². The number of benzene rings is 9. The smallest absolute Gasteiger partial charge is 0.175 e. The molecule has 296 valence electrons. The van der Waals surface area contributed by atoms with Crippen molar-refractivity contribution >= 4 is 71.5 Å². The fourth-order valence-corrected chi connectivity index (χ4v) is 13.3. The Kier molecular flexibility index (Phi) is 6.02. The number of hydrogen-bond acceptors (Lipinski definition) is 2. The van der Waals surface area contributed by atoms with E-state index in [9.17, 15) is 0 Å². The van der Waals surface area contributed by atoms with Crippen molar-refractivity contribution in [3.8, 4) is 5.69 Å². The molecule has 0 saturated heterocycles. The zero-order valence-corrected chi connectivity index (χ0v) is 34.3. The predicted molar refractivity (Wildman–Crippen MR) is 255 cm³/mol. The molecule has 0 spiro atoms. The van der Waals surface area contributed by atoms with Crippen molar-refractivity contribution in [3.05, 3.63) is 249 Å². The minimum Gasteiger partial charge on any atom is -0.309 e. The van der Waals surface area contributed by atoms with E-state index < -0.39 is 0 Å². The molecule has 0 saturated carbocycles. The number of fused-ring (bicyclic) bond motifs is 10. The van der Waals surface area contributed by atoms with Crippen LogP contribution in [0.4, 0.5) is 0 Å². The number of aromatic nitrogens is 2. The largest absolute Gasteiger partial charge is 0.309 e. The Morgan fingerprint density at radius 3 is 1.28 bits per heavy atom. The number of Topliss-reactive ketones (excluding diaryl/α,β-unsaturated/α-hetero) is 2. The zero-order valence-electron chi connectivity index (χ0n) is 34.3. The van der Waals surface area contributed by atoms with E-state index in [0.29, 0.717) is 0 Å². The Morgan fingerprint density at radius 1 is 0.312 bits per heavy atom. The Balaban J connectivity index is 1.11. The second-order valence-electron chi connectivity index (χ2n) is 18.5. The Labute approximate surface area is 366 Å². The molecular weight excluding hydrogens is 781 g/mol. The normalized spacial score (nSPS) is 19.0. The van der Waals surface area contributed by atoms with Gasteiger partial charge in [0, 0.05) is 61.0 Å². The quantitative estimate of drug-likeness (QED) is 0.166. The van der Waals surface area contributed by atoms with Gasteiger partial charge in [-0.3, -0.25) is 9.59 Å². The number of carbonyl (C=O) groups is 2. The predicted octanol–water partition coefficient (Wildman–Crippen LogP) is 13.6. The maximum Gasteiger partial charge on any atom is 0.175 e. The molecule has 0 fully saturated rings. The third-order valence-corrected chi connectivity index (χ3v) is 15.7. The molecule has 0 atom stereocenters. The number of para-hydroxylation sites is 2. The first kappa shape index (κ1) is 33.5. The summed E-state index contributed by atoms with van der Waals surface area (Å²) in [4.78, 5) is 30.7. The van der Waals surface area contributed by atoms with Gasteiger partial charge in [-0.2, -0.15) is 0 Å². The van der Waals surface area contributed by atoms with Gasteiger partial charge in [0.1, 0.15) is 0 Å². The van der Waals surface area contributed by atoms with Gasteiger partial charge in [0.25, 0.3) is 0 Å². The number of rotatable bonds is 1. The first-order chi connectivity index (χ1) is 31.6. The van der Waals surface area contributed by atoms with Crippen LogP contribution >= 0.6 is 0 Å². The van der Waals surface area contributed by atoms with Crippen LogP contribution in [-0.4, -0.2) is 20.5 Å². The van der Waals surface area contributed by atoms with E-state index in [1.807, 2.05) is 0 Å². The maximum atomic E-state index is 15.4. The van der Waals surface area contributed by atoms with Crippen LogP contribution in [0.5, 0.6) is 0 Å². The monoisotopic (exact) mass is 814 g/mol. The Hall–Kier alpha value is -8.08. The Bertz CT molecular complexity index is 4050. The number of hydrogen-bond donors (Lipinski definition) is 0. The molecule has 64 heavy (non-hydrogen) atoms. The molecule has 0 amide bonds. The van der Waals surface area contributed by atoms with E-state index in [0.717, 1.165) is 93.9 Å². The molecule has 0 unspecified atom stereocenters. The molecule has 0 aliphatic heterocycles. The second kappa shape index (κ2) is 11.5. The number of nitrogens with zero attached hydrogens (tertiary/aromatic N) is 2. The van der Waals surface area contributed by atoms with Crippen molar-refractivity contribution < 1.29 is 9.59 Å². The van der Waals surface area contributed by atoms with Gasteiger partial charge in [-0.1, -0.05) is 133 Å². The van der Waals surface area contributed by atoms with Gasteiger partial charge in [-0.15, -0.1) is 0 Å². The van der Waals surface area contributed by atoms with E-state index >= 15 is 9.59 Å². The highest BCUT2D eigenvalue weighted by Gasteiger charge is 2.45. The van der Waals surface area contributed by atoms with Crippen molar-refractivity contribution in [2.24, 2.45) is 0 Å². The molecule has 6 aliphatic carbocycles. The van der Waals surface area contributed by atoms with Crippen LogP contribution in [0.2, 0.25) is 0 Å². The minimum absolute atomic E-state index is 0.0748. The molecule has 0 radical (unpaired) electrons. The van der Waals surface area contributed by atoms with Crippen molar-refractivity contribution in [2.45, 2.75) is 23.7 Å². The Morgan fingerprint density at radius 2 is 0.750 bits per heavy atom. The molecule has 3 aromatic heterocycles. The molecule has 3 heterocycles. The maximum absolute atomic E-state index is 15.4. The first-order valence-electron chi connectivity index (χ1n) is 22.4. The summed E-state index contributed by atoms with van der Waals surface area (Å²) < 4.78 is 4.83. The topological polar surface area (TPSA) is 43.5 Å². The molecule has 0 N–H and O–H groups in total. The van der Waals surface area contributed by atoms with Crippen LogP contribution in [0.1, 0.15) is 100 Å². The molecular formula is C60H34N2O2. The molecule has 4 nitrogen and oxygen atoms in total. The van der Waals surface area contributed by atoms with Crippen LogP contribution in [-0.2, 0) is 0 Å². The van der Waals surface area contributed by atoms with Crippen LogP contribution in [0.25, 0.3) is 65.6 Å². The second-order valence-corrected chi connectivity index (χ2v) is 18.5. The first-order valence-corrected chi connectivity index (χ1v) is 22.4. The summed E-state index contributed by atoms with van der Waals surface area (Å²) >= 11 is 0. The zero-order chi connectivity index (χ0) is 41.7. The van der Waals surface area contributed by atoms with Gasteiger partial charge in [0.05, 0.1) is 39.4 Å². The molecule has 6 aliphatic rings. The highest BCUT2D eigenvalue weighted by molar-refractivity contribution is 6.36. The molecule has 12 aromatic rings. The fourth-order valence-electron chi connectivity index (χ4n) is 13.3. The van der Waals surface area contributed by atoms with Crippen LogP contribution in [0.15, 0.2) is 182 Å². The van der Waals surface area contributed by atoms with Gasteiger partial charge in [-0.25, -0.2) is 0 Å². The minimum atomic E-state index is -0.379. The van der Waals surface area contributed by atoms with Crippen molar-refractivity contribution in [2.75, 3.05) is 0 Å². The highest BCUT2D eigenvalue weighted by atomic mass is 16.1. The number of carbonyl (C=O) groups excluding carboxylic acids is 2. The lowest BCUT2D eigenvalue weighted by molar-refractivity contribution is 0.0966. The van der Waals surface area contributed by atoms with E-state index in [2.05, 4.69) is 191 Å². The van der Waals surface area contributed by atoms with Crippen LogP contribution in [0.3, 0.4) is 0 Å². The summed E-state index contributed by atoms with van der Waals surface area (Å²) in [6.07, 6.45) is 0. The summed E-state index contributed by atoms with van der Waals surface area (Å²) in [6.45, 7) is 0. The standard InChI is InChI=1S/C60H34N2O2/c63-59-45-29-49-41(26-42(45)52-32-16-4-8-20-36(32)54(59)37-21-9-5-17-33(37)52)44-28-51-56(40-24-12-13-25-48(40)61(51)31-14-2-1-3-15-31)57-47-27-43-46(30-50(47)62(49)58(44)57)60(64)55-38-22-10-6-18-34(38)53(43)35-19-7-11-23-39(35)55/h1-30,52-55H. The van der Waals surface area contributed by atoms with Gasteiger partial charge in [0.15, 0.2) is 11.6 Å². The fraction of sp³-hybridized carbons (Fsp3) is 0.0667. The van der Waals surface area contributed by atoms with E-state index in [1.54, 1.807) is 0 Å². The van der Waals surface area contributed by atoms with E-state index in [1.165, 1.54) is 38.4 Å². The van der Waals surface area contributed by atoms with Gasteiger partial charge in [-0.05, 0) is 104 Å². The molecule has 18 rings (SSSR count). The van der Waals surface area contributed by atoms with E-state index in [4.69, 9.17) is 0 Å². The average molecular weight is 815 g/mol. The summed E-state index contributed by atoms with van der Waals surface area (Å²) in [5, 5.41) is 6.93. The van der Waals surface area contributed by atoms with Gasteiger partial charge in [0.2, 0.25) is 0 Å². The summed E-state index contributed by atoms with van der Waals surface area (Å²) in [5.74, 6) is -0.628.